The second-order valence-electron chi connectivity index (χ2n) is 2.91. The highest BCUT2D eigenvalue weighted by atomic mass is 19.4. The van der Waals surface area contributed by atoms with Crippen LogP contribution in [0.15, 0.2) is 18.2 Å². The van der Waals surface area contributed by atoms with Crippen LogP contribution in [0.3, 0.4) is 0 Å². The van der Waals surface area contributed by atoms with Gasteiger partial charge in [-0.25, -0.2) is 0 Å². The Balaban J connectivity index is 3.18. The summed E-state index contributed by atoms with van der Waals surface area (Å²) in [5.74, 6) is -1.26. The number of alkyl halides is 3. The summed E-state index contributed by atoms with van der Waals surface area (Å²) in [6.07, 6.45) is -7.82. The van der Waals surface area contributed by atoms with Crippen LogP contribution in [-0.4, -0.2) is 16.2 Å². The predicted octanol–water partition coefficient (Wildman–Crippen LogP) is 2.33. The minimum Gasteiger partial charge on any atom is -0.379 e. The zero-order valence-corrected chi connectivity index (χ0v) is 7.53. The average molecular weight is 239 g/mol. The van der Waals surface area contributed by atoms with E-state index in [4.69, 9.17) is 5.11 Å². The first-order valence-electron chi connectivity index (χ1n) is 3.92. The van der Waals surface area contributed by atoms with Crippen LogP contribution in [0, 0.1) is 15.9 Å². The number of nitro groups is 1. The van der Waals surface area contributed by atoms with Crippen LogP contribution in [0.4, 0.5) is 23.2 Å². The molecule has 0 fully saturated rings. The maximum absolute atomic E-state index is 12.8. The summed E-state index contributed by atoms with van der Waals surface area (Å²) in [5, 5.41) is 19.0. The lowest BCUT2D eigenvalue weighted by molar-refractivity contribution is -0.387. The number of benzene rings is 1. The van der Waals surface area contributed by atoms with Crippen LogP contribution in [0.2, 0.25) is 0 Å². The Bertz CT molecular complexity index is 418. The molecule has 0 saturated heterocycles. The number of nitro benzene ring substituents is 1. The molecule has 1 atom stereocenters. The first-order chi connectivity index (χ1) is 7.23. The van der Waals surface area contributed by atoms with Crippen molar-refractivity contribution in [3.8, 4) is 0 Å². The van der Waals surface area contributed by atoms with E-state index in [1.807, 2.05) is 0 Å². The minimum absolute atomic E-state index is 0.355. The van der Waals surface area contributed by atoms with Crippen molar-refractivity contribution < 1.29 is 27.6 Å². The topological polar surface area (TPSA) is 63.4 Å². The van der Waals surface area contributed by atoms with Crippen molar-refractivity contribution in [1.82, 2.24) is 0 Å². The third-order valence-corrected chi connectivity index (χ3v) is 1.79. The van der Waals surface area contributed by atoms with E-state index in [9.17, 15) is 27.7 Å². The second kappa shape index (κ2) is 4.05. The number of aliphatic hydroxyl groups is 1. The van der Waals surface area contributed by atoms with Crippen molar-refractivity contribution in [1.29, 1.82) is 0 Å². The fourth-order valence-electron chi connectivity index (χ4n) is 1.03. The highest BCUT2D eigenvalue weighted by Gasteiger charge is 2.40. The van der Waals surface area contributed by atoms with E-state index in [-0.39, 0.29) is 0 Å². The molecule has 0 bridgehead atoms. The molecule has 0 aliphatic heterocycles. The van der Waals surface area contributed by atoms with E-state index in [2.05, 4.69) is 0 Å². The maximum Gasteiger partial charge on any atom is 0.418 e. The molecule has 1 aromatic carbocycles. The molecule has 4 nitrogen and oxygen atoms in total. The number of hydrogen-bond acceptors (Lipinski definition) is 3. The van der Waals surface area contributed by atoms with E-state index in [0.29, 0.717) is 18.2 Å². The van der Waals surface area contributed by atoms with E-state index in [1.165, 1.54) is 0 Å². The Hall–Kier alpha value is -1.70. The van der Waals surface area contributed by atoms with E-state index in [1.54, 1.807) is 0 Å². The lowest BCUT2D eigenvalue weighted by Gasteiger charge is -2.14. The molecule has 1 N–H and O–H groups in total. The van der Waals surface area contributed by atoms with Crippen molar-refractivity contribution >= 4 is 5.69 Å². The average Bonchev–Trinajstić information content (AvgIpc) is 2.15. The standard InChI is InChI=1S/C8H5F4NO3/c9-5-2-1-4(3-6(5)13(15)16)7(14)8(10,11)12/h1-3,7,14H. The molecule has 1 aromatic rings. The molecule has 0 heterocycles. The van der Waals surface area contributed by atoms with Gasteiger partial charge < -0.3 is 5.11 Å². The van der Waals surface area contributed by atoms with Crippen molar-refractivity contribution in [3.05, 3.63) is 39.7 Å². The molecule has 0 amide bonds. The third kappa shape index (κ3) is 2.45. The Labute approximate surface area is 86.3 Å². The molecule has 0 aliphatic rings. The van der Waals surface area contributed by atoms with Gasteiger partial charge in [0.15, 0.2) is 6.10 Å². The van der Waals surface area contributed by atoms with Gasteiger partial charge in [0.25, 0.3) is 0 Å². The fourth-order valence-corrected chi connectivity index (χ4v) is 1.03. The smallest absolute Gasteiger partial charge is 0.379 e. The van der Waals surface area contributed by atoms with E-state index >= 15 is 0 Å². The molecule has 0 saturated carbocycles. The molecule has 8 heteroatoms. The Kier molecular flexibility index (Phi) is 3.13. The number of hydrogen-bond donors (Lipinski definition) is 1. The van der Waals surface area contributed by atoms with E-state index < -0.39 is 34.3 Å². The monoisotopic (exact) mass is 239 g/mol. The molecule has 0 aliphatic carbocycles. The quantitative estimate of drug-likeness (QED) is 0.489. The van der Waals surface area contributed by atoms with Gasteiger partial charge in [0.1, 0.15) is 0 Å². The third-order valence-electron chi connectivity index (χ3n) is 1.79. The van der Waals surface area contributed by atoms with Crippen molar-refractivity contribution in [2.75, 3.05) is 0 Å². The van der Waals surface area contributed by atoms with Gasteiger partial charge in [0.05, 0.1) is 4.92 Å². The summed E-state index contributed by atoms with van der Waals surface area (Å²) in [7, 11) is 0. The molecule has 1 rings (SSSR count). The Morgan fingerprint density at radius 3 is 2.38 bits per heavy atom. The largest absolute Gasteiger partial charge is 0.418 e. The predicted molar refractivity (Wildman–Crippen MR) is 44.1 cm³/mol. The highest BCUT2D eigenvalue weighted by molar-refractivity contribution is 5.37. The summed E-state index contributed by atoms with van der Waals surface area (Å²) < 4.78 is 48.9. The van der Waals surface area contributed by atoms with Crippen molar-refractivity contribution in [3.63, 3.8) is 0 Å². The zero-order valence-electron chi connectivity index (χ0n) is 7.53. The van der Waals surface area contributed by atoms with Gasteiger partial charge >= 0.3 is 11.9 Å². The summed E-state index contributed by atoms with van der Waals surface area (Å²) in [6.45, 7) is 0. The van der Waals surface area contributed by atoms with Gasteiger partial charge in [-0.2, -0.15) is 17.6 Å². The molecular formula is C8H5F4NO3. The minimum atomic E-state index is -4.95. The van der Waals surface area contributed by atoms with Gasteiger partial charge in [0.2, 0.25) is 5.82 Å². The van der Waals surface area contributed by atoms with Crippen LogP contribution >= 0.6 is 0 Å². The van der Waals surface area contributed by atoms with Crippen LogP contribution < -0.4 is 0 Å². The molecular weight excluding hydrogens is 234 g/mol. The number of rotatable bonds is 2. The number of halogens is 4. The Morgan fingerprint density at radius 2 is 1.94 bits per heavy atom. The lowest BCUT2D eigenvalue weighted by atomic mass is 10.1. The van der Waals surface area contributed by atoms with Crippen LogP contribution in [0.1, 0.15) is 11.7 Å². The SMILES string of the molecule is O=[N+]([O-])c1cc(C(O)C(F)(F)F)ccc1F. The van der Waals surface area contributed by atoms with Crippen LogP contribution in [0.5, 0.6) is 0 Å². The molecule has 0 spiro atoms. The second-order valence-corrected chi connectivity index (χ2v) is 2.91. The summed E-state index contributed by atoms with van der Waals surface area (Å²) in [5.41, 5.74) is -1.89. The summed E-state index contributed by atoms with van der Waals surface area (Å²) in [6, 6.07) is 1.50. The van der Waals surface area contributed by atoms with Gasteiger partial charge in [-0.05, 0) is 11.6 Å². The molecule has 16 heavy (non-hydrogen) atoms. The van der Waals surface area contributed by atoms with Gasteiger partial charge in [-0.3, -0.25) is 10.1 Å². The van der Waals surface area contributed by atoms with Crippen LogP contribution in [-0.2, 0) is 0 Å². The first kappa shape index (κ1) is 12.4. The van der Waals surface area contributed by atoms with Gasteiger partial charge in [0, 0.05) is 6.07 Å². The molecule has 0 aromatic heterocycles. The van der Waals surface area contributed by atoms with Crippen molar-refractivity contribution in [2.45, 2.75) is 12.3 Å². The van der Waals surface area contributed by atoms with E-state index in [0.717, 1.165) is 0 Å². The van der Waals surface area contributed by atoms with Crippen molar-refractivity contribution in [2.24, 2.45) is 0 Å². The number of nitrogens with zero attached hydrogens (tertiary/aromatic N) is 1. The first-order valence-corrected chi connectivity index (χ1v) is 3.92. The summed E-state index contributed by atoms with van der Waals surface area (Å²) in [4.78, 5) is 9.08. The molecule has 0 radical (unpaired) electrons. The Morgan fingerprint density at radius 1 is 1.38 bits per heavy atom. The van der Waals surface area contributed by atoms with Gasteiger partial charge in [-0.15, -0.1) is 0 Å². The van der Waals surface area contributed by atoms with Crippen LogP contribution in [0.25, 0.3) is 0 Å². The lowest BCUT2D eigenvalue weighted by Crippen LogP contribution is -2.20. The highest BCUT2D eigenvalue weighted by Crippen LogP contribution is 2.34. The van der Waals surface area contributed by atoms with Gasteiger partial charge in [-0.1, -0.05) is 6.07 Å². The zero-order chi connectivity index (χ0) is 12.5. The number of aliphatic hydroxyl groups excluding tert-OH is 1. The molecule has 1 unspecified atom stereocenters. The maximum atomic E-state index is 12.8. The normalized spacial score (nSPS) is 13.6. The fraction of sp³-hybridized carbons (Fsp3) is 0.250. The summed E-state index contributed by atoms with van der Waals surface area (Å²) >= 11 is 0. The molecule has 88 valence electrons.